The van der Waals surface area contributed by atoms with Gasteiger partial charge in [0.2, 0.25) is 0 Å². The molecule has 0 aromatic heterocycles. The summed E-state index contributed by atoms with van der Waals surface area (Å²) in [6.07, 6.45) is 8.04. The Morgan fingerprint density at radius 1 is 1.21 bits per heavy atom. The number of thiocarbonyl (C=S) groups is 1. The summed E-state index contributed by atoms with van der Waals surface area (Å²) in [5.74, 6) is 1.77. The van der Waals surface area contributed by atoms with Crippen molar-refractivity contribution in [3.63, 3.8) is 0 Å². The molecule has 144 valence electrons. The van der Waals surface area contributed by atoms with Gasteiger partial charge in [-0.05, 0) is 54.5 Å². The van der Waals surface area contributed by atoms with Crippen LogP contribution in [0.2, 0.25) is 5.02 Å². The number of halogens is 1. The molecule has 0 amide bonds. The molecule has 0 bridgehead atoms. The van der Waals surface area contributed by atoms with Crippen molar-refractivity contribution in [2.24, 2.45) is 5.92 Å². The van der Waals surface area contributed by atoms with Crippen LogP contribution in [0.5, 0.6) is 5.75 Å². The maximum Gasteiger partial charge on any atom is 1.00 e. The maximum atomic E-state index is 6.22. The van der Waals surface area contributed by atoms with E-state index in [1.54, 1.807) is 12.1 Å². The molecule has 1 N–H and O–H groups in total. The van der Waals surface area contributed by atoms with Gasteiger partial charge in [-0.2, -0.15) is 24.3 Å². The van der Waals surface area contributed by atoms with Gasteiger partial charge in [0.15, 0.2) is 0 Å². The van der Waals surface area contributed by atoms with Crippen molar-refractivity contribution in [3.05, 3.63) is 58.1 Å². The van der Waals surface area contributed by atoms with E-state index in [9.17, 15) is 0 Å². The van der Waals surface area contributed by atoms with E-state index in [1.165, 1.54) is 32.1 Å². The Morgan fingerprint density at radius 2 is 1.89 bits per heavy atom. The molecule has 3 rings (SSSR count). The van der Waals surface area contributed by atoms with E-state index < -0.39 is 0 Å². The summed E-state index contributed by atoms with van der Waals surface area (Å²) in [5, 5.41) is 3.87. The predicted molar refractivity (Wildman–Crippen MR) is 118 cm³/mol. The summed E-state index contributed by atoms with van der Waals surface area (Å²) >= 11 is 11.8. The molecule has 0 spiro atoms. The van der Waals surface area contributed by atoms with Crippen LogP contribution in [0.4, 0.5) is 5.69 Å². The number of hydrogen-bond acceptors (Lipinski definition) is 2. The molecule has 1 aliphatic carbocycles. The second-order valence-electron chi connectivity index (χ2n) is 7.43. The molecule has 0 saturated heterocycles. The molecular weight excluding hydrogens is 397 g/mol. The average Bonchev–Trinajstić information content (AvgIpc) is 2.64. The molecule has 2 aromatic carbocycles. The second kappa shape index (κ2) is 11.6. The first-order valence-electron chi connectivity index (χ1n) is 9.75. The van der Waals surface area contributed by atoms with E-state index in [1.807, 2.05) is 6.07 Å². The number of benzene rings is 2. The van der Waals surface area contributed by atoms with E-state index in [0.29, 0.717) is 10.0 Å². The number of rotatable bonds is 6. The van der Waals surface area contributed by atoms with Gasteiger partial charge in [-0.25, -0.2) is 0 Å². The van der Waals surface area contributed by atoms with Gasteiger partial charge in [0.25, 0.3) is 0 Å². The molecule has 0 heterocycles. The Kier molecular flexibility index (Phi) is 9.79. The van der Waals surface area contributed by atoms with Crippen LogP contribution < -0.4 is 39.6 Å². The Bertz CT molecular complexity index is 782. The van der Waals surface area contributed by atoms with Gasteiger partial charge in [-0.3, -0.25) is 0 Å². The Labute approximate surface area is 201 Å². The third-order valence-corrected chi connectivity index (χ3v) is 5.95. The van der Waals surface area contributed by atoms with Crippen LogP contribution in [-0.2, 0) is 0 Å². The van der Waals surface area contributed by atoms with E-state index in [0.717, 1.165) is 47.1 Å². The minimum absolute atomic E-state index is 0. The zero-order valence-electron chi connectivity index (χ0n) is 17.1. The molecule has 2 aromatic rings. The molecule has 0 aliphatic heterocycles. The Morgan fingerprint density at radius 3 is 2.54 bits per heavy atom. The molecule has 0 radical (unpaired) electrons. The normalized spacial score (nSPS) is 14.2. The minimum atomic E-state index is 0. The number of nitrogens with one attached hydrogen (secondary N) is 1. The predicted octanol–water partition coefficient (Wildman–Crippen LogP) is 3.90. The fourth-order valence-corrected chi connectivity index (χ4v) is 4.47. The van der Waals surface area contributed by atoms with Crippen molar-refractivity contribution >= 4 is 34.5 Å². The molecule has 0 unspecified atom stereocenters. The monoisotopic (exact) mass is 423 g/mol. The van der Waals surface area contributed by atoms with Crippen molar-refractivity contribution in [1.29, 1.82) is 0 Å². The largest absolute Gasteiger partial charge is 1.00 e. The summed E-state index contributed by atoms with van der Waals surface area (Å²) in [6, 6.07) is 12.6. The zero-order chi connectivity index (χ0) is 19.2. The third-order valence-electron chi connectivity index (χ3n) is 5.31. The number of ether oxygens (including phenoxy) is 1. The standard InChI is InChI=1S/C23H27ClNOS.Na/c1-16-14-19(26-13-12-18-8-4-3-5-9-18)15-17(2)22(16)23(27)25-21-11-7-6-10-20(21)24;/h6,10-11,14-15,18H,3-5,8-9,12-13H2,1-2H3,(H,25,27);/q-1;+1. The van der Waals surface area contributed by atoms with E-state index >= 15 is 0 Å². The fraction of sp³-hybridized carbons (Fsp3) is 0.435. The molecule has 28 heavy (non-hydrogen) atoms. The minimum Gasteiger partial charge on any atom is -0.494 e. The average molecular weight is 424 g/mol. The number of anilines is 1. The van der Waals surface area contributed by atoms with Crippen LogP contribution in [0.1, 0.15) is 55.2 Å². The summed E-state index contributed by atoms with van der Waals surface area (Å²) in [4.78, 5) is 0.667. The van der Waals surface area contributed by atoms with Crippen LogP contribution in [0.25, 0.3) is 0 Å². The molecule has 1 saturated carbocycles. The van der Waals surface area contributed by atoms with Gasteiger partial charge < -0.3 is 10.1 Å². The van der Waals surface area contributed by atoms with Gasteiger partial charge >= 0.3 is 29.6 Å². The third kappa shape index (κ3) is 6.47. The van der Waals surface area contributed by atoms with Crippen LogP contribution in [-0.4, -0.2) is 11.6 Å². The summed E-state index contributed by atoms with van der Waals surface area (Å²) < 4.78 is 6.05. The molecule has 1 fully saturated rings. The van der Waals surface area contributed by atoms with Crippen LogP contribution in [0, 0.1) is 25.8 Å². The first kappa shape index (κ1) is 23.7. The van der Waals surface area contributed by atoms with Gasteiger partial charge in [0.05, 0.1) is 6.61 Å². The first-order valence-corrected chi connectivity index (χ1v) is 10.5. The quantitative estimate of drug-likeness (QED) is 0.432. The smallest absolute Gasteiger partial charge is 0.494 e. The molecule has 0 atom stereocenters. The maximum absolute atomic E-state index is 6.22. The van der Waals surface area contributed by atoms with Crippen LogP contribution >= 0.6 is 23.8 Å². The van der Waals surface area contributed by atoms with Crippen molar-refractivity contribution in [1.82, 2.24) is 0 Å². The van der Waals surface area contributed by atoms with Gasteiger partial charge in [-0.1, -0.05) is 50.0 Å². The van der Waals surface area contributed by atoms with Crippen molar-refractivity contribution < 1.29 is 34.3 Å². The SMILES string of the molecule is Cc1cc(OCCC2CCCCC2)cc(C)c1C(=S)Nc1c[c-]ccc1Cl.[Na+]. The molecule has 1 aliphatic rings. The molecule has 5 heteroatoms. The van der Waals surface area contributed by atoms with Gasteiger partial charge in [0.1, 0.15) is 10.7 Å². The van der Waals surface area contributed by atoms with E-state index in [2.05, 4.69) is 37.4 Å². The van der Waals surface area contributed by atoms with Crippen molar-refractivity contribution in [2.75, 3.05) is 11.9 Å². The molecule has 2 nitrogen and oxygen atoms in total. The first-order chi connectivity index (χ1) is 13.0. The number of hydrogen-bond donors (Lipinski definition) is 1. The number of aryl methyl sites for hydroxylation is 2. The molecular formula is C23H27ClNNaOS. The van der Waals surface area contributed by atoms with E-state index in [4.69, 9.17) is 28.6 Å². The van der Waals surface area contributed by atoms with Crippen LogP contribution in [0.15, 0.2) is 30.3 Å². The Hall–Kier alpha value is -0.580. The van der Waals surface area contributed by atoms with Gasteiger partial charge in [0, 0.05) is 5.56 Å². The van der Waals surface area contributed by atoms with Gasteiger partial charge in [-0.15, -0.1) is 11.6 Å². The fourth-order valence-electron chi connectivity index (χ4n) is 3.88. The summed E-state index contributed by atoms with van der Waals surface area (Å²) in [5.41, 5.74) is 4.02. The van der Waals surface area contributed by atoms with Crippen molar-refractivity contribution in [3.8, 4) is 5.75 Å². The van der Waals surface area contributed by atoms with E-state index in [-0.39, 0.29) is 29.6 Å². The van der Waals surface area contributed by atoms with Crippen LogP contribution in [0.3, 0.4) is 0 Å². The second-order valence-corrected chi connectivity index (χ2v) is 8.25. The topological polar surface area (TPSA) is 21.3 Å². The summed E-state index contributed by atoms with van der Waals surface area (Å²) in [6.45, 7) is 4.94. The Balaban J connectivity index is 0.00000280. The van der Waals surface area contributed by atoms with Crippen molar-refractivity contribution in [2.45, 2.75) is 52.4 Å². The zero-order valence-corrected chi connectivity index (χ0v) is 20.7. The summed E-state index contributed by atoms with van der Waals surface area (Å²) in [7, 11) is 0.